The summed E-state index contributed by atoms with van der Waals surface area (Å²) in [7, 11) is 0. The Kier molecular flexibility index (Phi) is 8.21. The highest BCUT2D eigenvalue weighted by Crippen LogP contribution is 2.31. The highest BCUT2D eigenvalue weighted by molar-refractivity contribution is 7.98. The van der Waals surface area contributed by atoms with Crippen molar-refractivity contribution in [3.63, 3.8) is 0 Å². The molecule has 0 spiro atoms. The van der Waals surface area contributed by atoms with E-state index >= 15 is 0 Å². The molecule has 0 saturated carbocycles. The maximum atomic E-state index is 12.5. The number of fused-ring (bicyclic) bond motifs is 1. The van der Waals surface area contributed by atoms with E-state index in [1.807, 2.05) is 24.5 Å². The highest BCUT2D eigenvalue weighted by atomic mass is 35.5. The van der Waals surface area contributed by atoms with Gasteiger partial charge in [-0.1, -0.05) is 6.07 Å². The number of nitrogen functional groups attached to an aromatic ring is 1. The molecule has 2 atom stereocenters. The van der Waals surface area contributed by atoms with Crippen LogP contribution in [0.3, 0.4) is 0 Å². The van der Waals surface area contributed by atoms with E-state index in [4.69, 9.17) is 11.5 Å². The number of hydrogen-bond acceptors (Lipinski definition) is 4. The molecule has 0 fully saturated rings. The monoisotopic (exact) mass is 372 g/mol. The maximum absolute atomic E-state index is 12.5. The topological polar surface area (TPSA) is 110 Å². The average molecular weight is 373 g/mol. The van der Waals surface area contributed by atoms with Gasteiger partial charge in [-0.25, -0.2) is 4.79 Å². The lowest BCUT2D eigenvalue weighted by molar-refractivity contribution is -0.123. The van der Waals surface area contributed by atoms with Crippen LogP contribution in [-0.2, 0) is 11.2 Å². The molecule has 1 aliphatic carbocycles. The zero-order valence-electron chi connectivity index (χ0n) is 13.7. The molecule has 2 unspecified atom stereocenters. The standard InChI is InChI=1S/C16H24N4O2S.ClH/c1-23-8-7-14(20-16(18)22)15(21)19-13-4-2-3-10-9-11(17)5-6-12(10)13;/h5-6,9,13-14H,2-4,7-8,17H2,1H3,(H,19,21)(H3,18,20,22);1H. The van der Waals surface area contributed by atoms with Gasteiger partial charge in [0.1, 0.15) is 6.04 Å². The lowest BCUT2D eigenvalue weighted by Crippen LogP contribution is -2.49. The minimum absolute atomic E-state index is 0. The zero-order chi connectivity index (χ0) is 16.8. The van der Waals surface area contributed by atoms with E-state index in [-0.39, 0.29) is 24.4 Å². The lowest BCUT2D eigenvalue weighted by Gasteiger charge is -2.28. The van der Waals surface area contributed by atoms with Crippen molar-refractivity contribution < 1.29 is 9.59 Å². The number of carbonyl (C=O) groups excluding carboxylic acids is 2. The molecule has 0 aliphatic heterocycles. The molecule has 1 aromatic rings. The summed E-state index contributed by atoms with van der Waals surface area (Å²) in [5.41, 5.74) is 14.1. The zero-order valence-corrected chi connectivity index (χ0v) is 15.3. The summed E-state index contributed by atoms with van der Waals surface area (Å²) >= 11 is 1.62. The van der Waals surface area contributed by atoms with Gasteiger partial charge in [0, 0.05) is 5.69 Å². The van der Waals surface area contributed by atoms with E-state index in [1.165, 1.54) is 5.56 Å². The van der Waals surface area contributed by atoms with Crippen LogP contribution in [0, 0.1) is 0 Å². The number of benzene rings is 1. The normalized spacial score (nSPS) is 17.1. The van der Waals surface area contributed by atoms with Crippen LogP contribution in [-0.4, -0.2) is 30.0 Å². The van der Waals surface area contributed by atoms with Crippen LogP contribution in [0.2, 0.25) is 0 Å². The Morgan fingerprint density at radius 3 is 2.83 bits per heavy atom. The fraction of sp³-hybridized carbons (Fsp3) is 0.500. The van der Waals surface area contributed by atoms with E-state index in [0.29, 0.717) is 6.42 Å². The molecule has 2 rings (SSSR count). The number of primary amides is 1. The van der Waals surface area contributed by atoms with Crippen LogP contribution >= 0.6 is 24.2 Å². The van der Waals surface area contributed by atoms with Crippen molar-refractivity contribution in [2.45, 2.75) is 37.8 Å². The van der Waals surface area contributed by atoms with Crippen molar-refractivity contribution in [2.75, 3.05) is 17.7 Å². The van der Waals surface area contributed by atoms with E-state index < -0.39 is 12.1 Å². The molecule has 0 aromatic heterocycles. The van der Waals surface area contributed by atoms with Crippen molar-refractivity contribution in [1.29, 1.82) is 0 Å². The van der Waals surface area contributed by atoms with Crippen molar-refractivity contribution in [3.05, 3.63) is 29.3 Å². The average Bonchev–Trinajstić information content (AvgIpc) is 2.50. The van der Waals surface area contributed by atoms with Gasteiger partial charge < -0.3 is 22.1 Å². The lowest BCUT2D eigenvalue weighted by atomic mass is 9.87. The summed E-state index contributed by atoms with van der Waals surface area (Å²) in [5, 5.41) is 5.58. The minimum atomic E-state index is -0.678. The first-order chi connectivity index (χ1) is 11.0. The molecule has 0 heterocycles. The van der Waals surface area contributed by atoms with E-state index in [2.05, 4.69) is 10.6 Å². The number of hydrogen-bond donors (Lipinski definition) is 4. The molecular formula is C16H25ClN4O2S. The largest absolute Gasteiger partial charge is 0.399 e. The van der Waals surface area contributed by atoms with Gasteiger partial charge >= 0.3 is 6.03 Å². The van der Waals surface area contributed by atoms with Crippen molar-refractivity contribution in [1.82, 2.24) is 10.6 Å². The van der Waals surface area contributed by atoms with Crippen molar-refractivity contribution >= 4 is 41.8 Å². The number of anilines is 1. The van der Waals surface area contributed by atoms with Crippen molar-refractivity contribution in [2.24, 2.45) is 5.73 Å². The van der Waals surface area contributed by atoms with Crippen LogP contribution in [0.4, 0.5) is 10.5 Å². The smallest absolute Gasteiger partial charge is 0.312 e. The quantitative estimate of drug-likeness (QED) is 0.572. The Labute approximate surface area is 152 Å². The molecule has 0 radical (unpaired) electrons. The second kappa shape index (κ2) is 9.64. The van der Waals surface area contributed by atoms with E-state index in [0.717, 1.165) is 36.3 Å². The van der Waals surface area contributed by atoms with E-state index in [1.54, 1.807) is 11.8 Å². The summed E-state index contributed by atoms with van der Waals surface area (Å²) in [6, 6.07) is 4.49. The molecule has 0 bridgehead atoms. The molecule has 1 aromatic carbocycles. The second-order valence-electron chi connectivity index (χ2n) is 5.75. The summed E-state index contributed by atoms with van der Waals surface area (Å²) in [5.74, 6) is 0.586. The number of rotatable bonds is 6. The van der Waals surface area contributed by atoms with E-state index in [9.17, 15) is 9.59 Å². The van der Waals surface area contributed by atoms with Crippen LogP contribution in [0.25, 0.3) is 0 Å². The Morgan fingerprint density at radius 2 is 2.17 bits per heavy atom. The number of urea groups is 1. The Balaban J connectivity index is 0.00000288. The Bertz CT molecular complexity index is 585. The molecule has 6 N–H and O–H groups in total. The summed E-state index contributed by atoms with van der Waals surface area (Å²) in [4.78, 5) is 23.6. The third kappa shape index (κ3) is 5.49. The highest BCUT2D eigenvalue weighted by Gasteiger charge is 2.26. The molecule has 1 aliphatic rings. The van der Waals surface area contributed by atoms with Gasteiger partial charge in [0.2, 0.25) is 5.91 Å². The summed E-state index contributed by atoms with van der Waals surface area (Å²) in [6.45, 7) is 0. The van der Waals surface area contributed by atoms with Gasteiger partial charge in [0.05, 0.1) is 6.04 Å². The van der Waals surface area contributed by atoms with Gasteiger partial charge in [0.25, 0.3) is 0 Å². The van der Waals surface area contributed by atoms with Crippen LogP contribution in [0.15, 0.2) is 18.2 Å². The SMILES string of the molecule is CSCCC(NC(N)=O)C(=O)NC1CCCc2cc(N)ccc21.Cl. The van der Waals surface area contributed by atoms with Gasteiger partial charge in [0.15, 0.2) is 0 Å². The fourth-order valence-corrected chi connectivity index (χ4v) is 3.40. The fourth-order valence-electron chi connectivity index (χ4n) is 2.93. The maximum Gasteiger partial charge on any atom is 0.312 e. The predicted octanol–water partition coefficient (Wildman–Crippen LogP) is 1.97. The first-order valence-electron chi connectivity index (χ1n) is 7.75. The number of halogens is 1. The first-order valence-corrected chi connectivity index (χ1v) is 9.14. The van der Waals surface area contributed by atoms with Gasteiger partial charge in [-0.15, -0.1) is 12.4 Å². The second-order valence-corrected chi connectivity index (χ2v) is 6.74. The Morgan fingerprint density at radius 1 is 1.42 bits per heavy atom. The van der Waals surface area contributed by atoms with Crippen molar-refractivity contribution in [3.8, 4) is 0 Å². The summed E-state index contributed by atoms with van der Waals surface area (Å²) < 4.78 is 0. The molecule has 134 valence electrons. The molecule has 6 nitrogen and oxygen atoms in total. The number of aryl methyl sites for hydroxylation is 1. The number of carbonyl (C=O) groups is 2. The van der Waals surface area contributed by atoms with Gasteiger partial charge in [-0.05, 0) is 61.0 Å². The molecule has 3 amide bonds. The van der Waals surface area contributed by atoms with Gasteiger partial charge in [-0.2, -0.15) is 11.8 Å². The number of nitrogens with one attached hydrogen (secondary N) is 2. The number of amides is 3. The molecule has 24 heavy (non-hydrogen) atoms. The van der Waals surface area contributed by atoms with Crippen LogP contribution in [0.1, 0.15) is 36.4 Å². The first kappa shape index (κ1) is 20.4. The van der Waals surface area contributed by atoms with Gasteiger partial charge in [-0.3, -0.25) is 4.79 Å². The number of nitrogens with two attached hydrogens (primary N) is 2. The molecular weight excluding hydrogens is 348 g/mol. The molecule has 0 saturated heterocycles. The third-order valence-electron chi connectivity index (χ3n) is 4.04. The number of thioether (sulfide) groups is 1. The summed E-state index contributed by atoms with van der Waals surface area (Å²) in [6.07, 6.45) is 5.37. The van der Waals surface area contributed by atoms with Crippen LogP contribution < -0.4 is 22.1 Å². The third-order valence-corrected chi connectivity index (χ3v) is 4.69. The predicted molar refractivity (Wildman–Crippen MR) is 101 cm³/mol. The molecule has 8 heteroatoms. The van der Waals surface area contributed by atoms with Crippen LogP contribution in [0.5, 0.6) is 0 Å². The minimum Gasteiger partial charge on any atom is -0.399 e. The Hall–Kier alpha value is -1.60.